The molecule has 1 saturated heterocycles. The highest BCUT2D eigenvalue weighted by molar-refractivity contribution is 7.86. The van der Waals surface area contributed by atoms with Crippen LogP contribution < -0.4 is 0 Å². The third kappa shape index (κ3) is 2.59. The number of hydrogen-bond donors (Lipinski definition) is 0. The van der Waals surface area contributed by atoms with Crippen molar-refractivity contribution in [3.8, 4) is 11.3 Å². The van der Waals surface area contributed by atoms with Crippen LogP contribution in [0.25, 0.3) is 22.2 Å². The summed E-state index contributed by atoms with van der Waals surface area (Å²) in [5, 5.41) is 5.90. The van der Waals surface area contributed by atoms with Crippen molar-refractivity contribution in [2.75, 3.05) is 27.2 Å². The van der Waals surface area contributed by atoms with Gasteiger partial charge in [0.1, 0.15) is 0 Å². The highest BCUT2D eigenvalue weighted by atomic mass is 32.2. The first-order valence-electron chi connectivity index (χ1n) is 9.50. The summed E-state index contributed by atoms with van der Waals surface area (Å²) in [5.74, 6) is 0. The van der Waals surface area contributed by atoms with E-state index in [1.807, 2.05) is 24.4 Å². The Morgan fingerprint density at radius 3 is 2.71 bits per heavy atom. The second-order valence-corrected chi connectivity index (χ2v) is 10.1. The van der Waals surface area contributed by atoms with Crippen molar-refractivity contribution in [1.82, 2.24) is 23.4 Å². The maximum Gasteiger partial charge on any atom is 0.281 e. The van der Waals surface area contributed by atoms with Crippen molar-refractivity contribution in [3.63, 3.8) is 0 Å². The van der Waals surface area contributed by atoms with Gasteiger partial charge < -0.3 is 0 Å². The van der Waals surface area contributed by atoms with Gasteiger partial charge in [-0.15, -0.1) is 0 Å². The fourth-order valence-electron chi connectivity index (χ4n) is 4.49. The molecule has 0 amide bonds. The Balaban J connectivity index is 1.50. The predicted octanol–water partition coefficient (Wildman–Crippen LogP) is 2.25. The average Bonchev–Trinajstić information content (AvgIpc) is 3.38. The van der Waals surface area contributed by atoms with E-state index >= 15 is 0 Å². The number of nitrogens with zero attached hydrogens (tertiary/aromatic N) is 5. The molecular weight excluding hydrogens is 374 g/mol. The second kappa shape index (κ2) is 6.10. The third-order valence-electron chi connectivity index (χ3n) is 6.12. The quantitative estimate of drug-likeness (QED) is 0.680. The molecule has 2 aliphatic heterocycles. The van der Waals surface area contributed by atoms with Crippen molar-refractivity contribution >= 4 is 21.1 Å². The van der Waals surface area contributed by atoms with Gasteiger partial charge in [-0.2, -0.15) is 22.1 Å². The molecule has 0 aliphatic carbocycles. The van der Waals surface area contributed by atoms with Crippen LogP contribution in [-0.2, 0) is 22.2 Å². The van der Waals surface area contributed by atoms with E-state index < -0.39 is 10.2 Å². The lowest BCUT2D eigenvalue weighted by Crippen LogP contribution is -2.40. The number of hydrogen-bond acceptors (Lipinski definition) is 4. The van der Waals surface area contributed by atoms with Gasteiger partial charge in [-0.1, -0.05) is 18.2 Å². The van der Waals surface area contributed by atoms with E-state index in [9.17, 15) is 8.42 Å². The maximum absolute atomic E-state index is 12.6. The molecule has 1 fully saturated rings. The highest BCUT2D eigenvalue weighted by Gasteiger charge is 2.48. The summed E-state index contributed by atoms with van der Waals surface area (Å²) in [6.45, 7) is 1.90. The zero-order valence-corrected chi connectivity index (χ0v) is 16.9. The number of pyridine rings is 1. The molecule has 5 rings (SSSR count). The van der Waals surface area contributed by atoms with E-state index in [0.717, 1.165) is 47.2 Å². The van der Waals surface area contributed by atoms with Gasteiger partial charge in [-0.3, -0.25) is 9.67 Å². The molecule has 0 N–H and O–H groups in total. The van der Waals surface area contributed by atoms with Crippen LogP contribution in [0.1, 0.15) is 18.5 Å². The van der Waals surface area contributed by atoms with Gasteiger partial charge in [0, 0.05) is 62.0 Å². The van der Waals surface area contributed by atoms with Crippen LogP contribution in [0.15, 0.2) is 42.6 Å². The first-order chi connectivity index (χ1) is 13.4. The summed E-state index contributed by atoms with van der Waals surface area (Å²) in [6, 6.07) is 12.3. The highest BCUT2D eigenvalue weighted by Crippen LogP contribution is 2.44. The summed E-state index contributed by atoms with van der Waals surface area (Å²) < 4.78 is 30.1. The van der Waals surface area contributed by atoms with E-state index in [-0.39, 0.29) is 5.41 Å². The topological polar surface area (TPSA) is 71.3 Å². The lowest BCUT2D eigenvalue weighted by atomic mass is 9.82. The second-order valence-electron chi connectivity index (χ2n) is 7.96. The Morgan fingerprint density at radius 1 is 1.11 bits per heavy atom. The predicted molar refractivity (Wildman–Crippen MR) is 108 cm³/mol. The van der Waals surface area contributed by atoms with Gasteiger partial charge in [0.2, 0.25) is 0 Å². The first-order valence-corrected chi connectivity index (χ1v) is 10.9. The van der Waals surface area contributed by atoms with Gasteiger partial charge in [0.15, 0.2) is 0 Å². The molecule has 4 heterocycles. The van der Waals surface area contributed by atoms with Crippen LogP contribution in [0.4, 0.5) is 0 Å². The monoisotopic (exact) mass is 397 g/mol. The Labute approximate surface area is 164 Å². The zero-order chi connectivity index (χ0) is 19.5. The van der Waals surface area contributed by atoms with Gasteiger partial charge >= 0.3 is 0 Å². The van der Waals surface area contributed by atoms with Crippen LogP contribution in [0.3, 0.4) is 0 Å². The third-order valence-corrected chi connectivity index (χ3v) is 8.01. The van der Waals surface area contributed by atoms with Crippen LogP contribution in [0.5, 0.6) is 0 Å². The Kier molecular flexibility index (Phi) is 3.88. The largest absolute Gasteiger partial charge is 0.281 e. The van der Waals surface area contributed by atoms with E-state index in [1.165, 1.54) is 4.31 Å². The lowest BCUT2D eigenvalue weighted by Gasteiger charge is -2.25. The molecule has 0 radical (unpaired) electrons. The summed E-state index contributed by atoms with van der Waals surface area (Å²) in [6.07, 6.45) is 3.64. The minimum Gasteiger partial charge on any atom is -0.268 e. The standard InChI is InChI=1S/C20H23N5O2S/c1-23(2)28(26,27)24-9-7-20(14-24)8-10-25-19(20)12-18(22-25)16-11-15-5-3-4-6-17(15)21-13-16/h3-6,11-13H,7-10,14H2,1-2H3. The van der Waals surface area contributed by atoms with Gasteiger partial charge in [-0.25, -0.2) is 0 Å². The number of benzene rings is 1. The average molecular weight is 398 g/mol. The van der Waals surface area contributed by atoms with Crippen molar-refractivity contribution in [2.24, 2.45) is 0 Å². The Hall–Kier alpha value is -2.29. The van der Waals surface area contributed by atoms with Crippen LogP contribution in [-0.4, -0.2) is 59.0 Å². The minimum absolute atomic E-state index is 0.140. The summed E-state index contributed by atoms with van der Waals surface area (Å²) in [5.41, 5.74) is 3.87. The fourth-order valence-corrected chi connectivity index (χ4v) is 5.68. The molecule has 3 aromatic rings. The molecule has 0 bridgehead atoms. The zero-order valence-electron chi connectivity index (χ0n) is 16.0. The van der Waals surface area contributed by atoms with Crippen molar-refractivity contribution in [2.45, 2.75) is 24.8 Å². The van der Waals surface area contributed by atoms with Crippen molar-refractivity contribution in [1.29, 1.82) is 0 Å². The molecule has 1 unspecified atom stereocenters. The van der Waals surface area contributed by atoms with Crippen LogP contribution in [0, 0.1) is 0 Å². The SMILES string of the molecule is CN(C)S(=O)(=O)N1CCC2(CCn3nc(-c4cnc5ccccc5c4)cc32)C1. The molecule has 28 heavy (non-hydrogen) atoms. The van der Waals surface area contributed by atoms with E-state index in [4.69, 9.17) is 5.10 Å². The minimum atomic E-state index is -3.39. The molecule has 2 aromatic heterocycles. The molecule has 7 nitrogen and oxygen atoms in total. The summed E-state index contributed by atoms with van der Waals surface area (Å²) in [4.78, 5) is 4.55. The Bertz CT molecular complexity index is 1170. The van der Waals surface area contributed by atoms with Gasteiger partial charge in [0.05, 0.1) is 11.2 Å². The number of fused-ring (bicyclic) bond motifs is 3. The molecule has 1 aromatic carbocycles. The fraction of sp³-hybridized carbons (Fsp3) is 0.400. The van der Waals surface area contributed by atoms with Crippen LogP contribution >= 0.6 is 0 Å². The van der Waals surface area contributed by atoms with Gasteiger partial charge in [-0.05, 0) is 31.0 Å². The summed E-state index contributed by atoms with van der Waals surface area (Å²) in [7, 11) is -0.211. The van der Waals surface area contributed by atoms with Crippen molar-refractivity contribution in [3.05, 3.63) is 48.3 Å². The normalized spacial score (nSPS) is 22.5. The molecule has 1 spiro atoms. The molecule has 0 saturated carbocycles. The van der Waals surface area contributed by atoms with Crippen molar-refractivity contribution < 1.29 is 8.42 Å². The molecule has 146 valence electrons. The summed E-state index contributed by atoms with van der Waals surface area (Å²) >= 11 is 0. The maximum atomic E-state index is 12.6. The molecular formula is C20H23N5O2S. The molecule has 2 aliphatic rings. The van der Waals surface area contributed by atoms with E-state index in [2.05, 4.69) is 27.9 Å². The molecule has 8 heteroatoms. The number of aryl methyl sites for hydroxylation is 1. The molecule has 1 atom stereocenters. The lowest BCUT2D eigenvalue weighted by molar-refractivity contribution is 0.389. The Morgan fingerprint density at radius 2 is 1.89 bits per heavy atom. The number of para-hydroxylation sites is 1. The van der Waals surface area contributed by atoms with Crippen LogP contribution in [0.2, 0.25) is 0 Å². The number of aromatic nitrogens is 3. The van der Waals surface area contributed by atoms with Gasteiger partial charge in [0.25, 0.3) is 10.2 Å². The smallest absolute Gasteiger partial charge is 0.268 e. The van der Waals surface area contributed by atoms with E-state index in [0.29, 0.717) is 13.1 Å². The first kappa shape index (κ1) is 17.8. The number of rotatable bonds is 3. The van der Waals surface area contributed by atoms with E-state index in [1.54, 1.807) is 18.4 Å².